The molecule has 7 nitrogen and oxygen atoms in total. The van der Waals surface area contributed by atoms with Crippen LogP contribution in [-0.2, 0) is 3.79 Å². The number of anilines is 1. The molecule has 4 saturated carbocycles. The van der Waals surface area contributed by atoms with Gasteiger partial charge in [-0.25, -0.2) is 4.98 Å². The van der Waals surface area contributed by atoms with Crippen molar-refractivity contribution in [3.05, 3.63) is 24.4 Å². The molecule has 3 heterocycles. The number of nitrogens with zero attached hydrogens (tertiary/aromatic N) is 3. The summed E-state index contributed by atoms with van der Waals surface area (Å²) < 4.78 is 3.39. The van der Waals surface area contributed by atoms with Crippen molar-refractivity contribution in [2.45, 2.75) is 55.0 Å². The Hall–Kier alpha value is -1.54. The van der Waals surface area contributed by atoms with Crippen LogP contribution in [0.15, 0.2) is 23.0 Å². The number of hydrogen-bond donors (Lipinski definition) is 3. The minimum atomic E-state index is -1.79. The molecule has 4 bridgehead atoms. The Bertz CT molecular complexity index is 1110. The van der Waals surface area contributed by atoms with Gasteiger partial charge in [0.25, 0.3) is 9.68 Å². The summed E-state index contributed by atoms with van der Waals surface area (Å²) >= 11 is 17.7. The van der Waals surface area contributed by atoms with E-state index in [0.717, 1.165) is 48.8 Å². The van der Waals surface area contributed by atoms with Gasteiger partial charge in [-0.05, 0) is 55.9 Å². The van der Waals surface area contributed by atoms with Gasteiger partial charge in [-0.15, -0.1) is 0 Å². The summed E-state index contributed by atoms with van der Waals surface area (Å²) in [4.78, 5) is 11.9. The molecule has 0 radical (unpaired) electrons. The van der Waals surface area contributed by atoms with Crippen molar-refractivity contribution in [1.29, 1.82) is 0 Å². The average Bonchev–Trinajstić information content (AvgIpc) is 3.32. The predicted molar refractivity (Wildman–Crippen MR) is 121 cm³/mol. The molecule has 3 aromatic heterocycles. The van der Waals surface area contributed by atoms with Gasteiger partial charge in [0, 0.05) is 23.8 Å². The topological polar surface area (TPSA) is 99.9 Å². The highest BCUT2D eigenvalue weighted by Crippen LogP contribution is 2.56. The lowest BCUT2D eigenvalue weighted by molar-refractivity contribution is -0.129. The first kappa shape index (κ1) is 21.3. The smallest absolute Gasteiger partial charge is 0.279 e. The number of nitrogens with one attached hydrogen (secondary N) is 2. The van der Waals surface area contributed by atoms with E-state index in [-0.39, 0.29) is 19.4 Å². The van der Waals surface area contributed by atoms with Gasteiger partial charge < -0.3 is 19.9 Å². The summed E-state index contributed by atoms with van der Waals surface area (Å²) in [5.41, 5.74) is 1.88. The Morgan fingerprint density at radius 1 is 1.19 bits per heavy atom. The van der Waals surface area contributed by atoms with Crippen LogP contribution in [0.3, 0.4) is 0 Å². The Kier molecular flexibility index (Phi) is 4.97. The lowest BCUT2D eigenvalue weighted by atomic mass is 9.52. The van der Waals surface area contributed by atoms with Crippen molar-refractivity contribution in [3.8, 4) is 11.4 Å². The van der Waals surface area contributed by atoms with E-state index in [1.165, 1.54) is 0 Å². The zero-order chi connectivity index (χ0) is 20.7. The fourth-order valence-electron chi connectivity index (χ4n) is 6.16. The first-order chi connectivity index (χ1) is 14.3. The largest absolute Gasteiger partial charge is 0.390 e. The van der Waals surface area contributed by atoms with Crippen LogP contribution in [0, 0.1) is 17.8 Å². The van der Waals surface area contributed by atoms with Crippen LogP contribution in [0.1, 0.15) is 45.4 Å². The molecule has 0 aromatic carbocycles. The second kappa shape index (κ2) is 7.24. The zero-order valence-electron chi connectivity index (χ0n) is 15.9. The normalized spacial score (nSPS) is 31.7. The third-order valence-electron chi connectivity index (χ3n) is 7.05. The molecule has 31 heavy (non-hydrogen) atoms. The number of fused-ring (bicyclic) bond motifs is 1. The number of halogens is 3. The number of H-pyrrole nitrogens is 1. The zero-order valence-corrected chi connectivity index (χ0v) is 18.2. The predicted octanol–water partition coefficient (Wildman–Crippen LogP) is 5.43. The van der Waals surface area contributed by atoms with Crippen LogP contribution in [-0.4, -0.2) is 36.9 Å². The molecule has 5 atom stereocenters. The van der Waals surface area contributed by atoms with Crippen molar-refractivity contribution < 1.29 is 9.63 Å². The Labute approximate surface area is 194 Å². The second-order valence-electron chi connectivity index (χ2n) is 9.07. The maximum absolute atomic E-state index is 10.9. The standard InChI is InChI=1S/C20H20Cl3N5O2.CH4/c21-20(22,23)18-27-17(28-30-18)13-8-25-16-12(1-2-24-16)15(13)26-14-10-3-9-4-11(14)7-19(29,5-9)6-10;/h1-2,8-11,14,29H,3-7H2,(H2,24,25,26);1H4/t9?,10-,11+,14?,19?;. The first-order valence-electron chi connectivity index (χ1n) is 10.2. The van der Waals surface area contributed by atoms with Gasteiger partial charge in [-0.1, -0.05) is 47.4 Å². The molecule has 7 rings (SSSR count). The number of rotatable bonds is 3. The van der Waals surface area contributed by atoms with Crippen LogP contribution in [0.25, 0.3) is 22.4 Å². The van der Waals surface area contributed by atoms with Crippen LogP contribution >= 0.6 is 34.8 Å². The van der Waals surface area contributed by atoms with Gasteiger partial charge in [0.05, 0.1) is 16.9 Å². The highest BCUT2D eigenvalue weighted by atomic mass is 35.6. The van der Waals surface area contributed by atoms with Crippen molar-refractivity contribution in [2.75, 3.05) is 5.32 Å². The summed E-state index contributed by atoms with van der Waals surface area (Å²) in [5.74, 6) is 1.76. The SMILES string of the molecule is C.OC12CC3C[C@H](C1)C(Nc1c(-c4noc(C(Cl)(Cl)Cl)n4)cnc4[nH]ccc14)[C@@H](C3)C2. The number of aromatic amines is 1. The molecule has 0 saturated heterocycles. The molecule has 3 unspecified atom stereocenters. The molecular weight excluding hydrogens is 461 g/mol. The monoisotopic (exact) mass is 483 g/mol. The summed E-state index contributed by atoms with van der Waals surface area (Å²) in [6, 6.07) is 2.26. The van der Waals surface area contributed by atoms with E-state index < -0.39 is 9.39 Å². The van der Waals surface area contributed by atoms with Crippen molar-refractivity contribution in [1.82, 2.24) is 20.1 Å². The highest BCUT2D eigenvalue weighted by Gasteiger charge is 2.54. The van der Waals surface area contributed by atoms with Gasteiger partial charge in [0.15, 0.2) is 0 Å². The molecule has 0 aliphatic heterocycles. The van der Waals surface area contributed by atoms with Crippen molar-refractivity contribution in [3.63, 3.8) is 0 Å². The van der Waals surface area contributed by atoms with E-state index in [9.17, 15) is 5.11 Å². The lowest BCUT2D eigenvalue weighted by Crippen LogP contribution is -2.59. The van der Waals surface area contributed by atoms with Crippen molar-refractivity contribution >= 4 is 51.5 Å². The van der Waals surface area contributed by atoms with Gasteiger partial charge in [0.1, 0.15) is 5.65 Å². The highest BCUT2D eigenvalue weighted by molar-refractivity contribution is 6.66. The maximum atomic E-state index is 10.9. The molecule has 10 heteroatoms. The third kappa shape index (κ3) is 3.50. The van der Waals surface area contributed by atoms with Gasteiger partial charge >= 0.3 is 0 Å². The minimum absolute atomic E-state index is 0. The third-order valence-corrected chi connectivity index (χ3v) is 7.53. The number of aromatic nitrogens is 4. The Morgan fingerprint density at radius 2 is 1.94 bits per heavy atom. The summed E-state index contributed by atoms with van der Waals surface area (Å²) in [7, 11) is 0. The van der Waals surface area contributed by atoms with Gasteiger partial charge in [-0.2, -0.15) is 4.98 Å². The van der Waals surface area contributed by atoms with Crippen LogP contribution in [0.2, 0.25) is 0 Å². The fraction of sp³-hybridized carbons (Fsp3) is 0.571. The fourth-order valence-corrected chi connectivity index (χ4v) is 6.39. The maximum Gasteiger partial charge on any atom is 0.279 e. The molecule has 3 aromatic rings. The van der Waals surface area contributed by atoms with Crippen molar-refractivity contribution in [2.24, 2.45) is 17.8 Å². The lowest BCUT2D eigenvalue weighted by Gasteiger charge is -2.58. The molecule has 0 spiro atoms. The molecule has 4 fully saturated rings. The molecular formula is C21H24Cl3N5O2. The molecule has 4 aliphatic carbocycles. The molecule has 166 valence electrons. The van der Waals surface area contributed by atoms with Crippen LogP contribution in [0.4, 0.5) is 5.69 Å². The summed E-state index contributed by atoms with van der Waals surface area (Å²) in [6.45, 7) is 0. The number of hydrogen-bond acceptors (Lipinski definition) is 6. The number of aliphatic hydroxyl groups is 1. The van der Waals surface area contributed by atoms with E-state index in [2.05, 4.69) is 25.4 Å². The van der Waals surface area contributed by atoms with E-state index in [0.29, 0.717) is 29.1 Å². The second-order valence-corrected chi connectivity index (χ2v) is 11.4. The van der Waals surface area contributed by atoms with E-state index >= 15 is 0 Å². The Morgan fingerprint density at radius 3 is 2.58 bits per heavy atom. The summed E-state index contributed by atoms with van der Waals surface area (Å²) in [5, 5.41) is 19.7. The van der Waals surface area contributed by atoms with E-state index in [1.807, 2.05) is 12.3 Å². The Balaban J connectivity index is 0.00000204. The minimum Gasteiger partial charge on any atom is -0.390 e. The number of pyridine rings is 1. The van der Waals surface area contributed by atoms with E-state index in [1.54, 1.807) is 6.20 Å². The van der Waals surface area contributed by atoms with E-state index in [4.69, 9.17) is 39.3 Å². The summed E-state index contributed by atoms with van der Waals surface area (Å²) in [6.07, 6.45) is 8.55. The number of alkyl halides is 3. The quantitative estimate of drug-likeness (QED) is 0.429. The first-order valence-corrected chi connectivity index (χ1v) is 11.3. The van der Waals surface area contributed by atoms with Crippen LogP contribution < -0.4 is 5.32 Å². The van der Waals surface area contributed by atoms with Crippen LogP contribution in [0.5, 0.6) is 0 Å². The molecule has 0 amide bonds. The molecule has 3 N–H and O–H groups in total. The van der Waals surface area contributed by atoms with Gasteiger partial charge in [-0.3, -0.25) is 0 Å². The average molecular weight is 485 g/mol. The molecule has 4 aliphatic rings. The van der Waals surface area contributed by atoms with Gasteiger partial charge in [0.2, 0.25) is 5.82 Å².